The standard InChI is InChI=1S/C16H15ClINO2/c1-16(15(20)21-2,11-3-7-13(18)8-4-11)19-14-9-5-12(17)6-10-14/h3-10,19H,1-2H3. The molecule has 1 atom stereocenters. The lowest BCUT2D eigenvalue weighted by atomic mass is 9.91. The average molecular weight is 416 g/mol. The summed E-state index contributed by atoms with van der Waals surface area (Å²) in [6.07, 6.45) is 0. The van der Waals surface area contributed by atoms with Crippen LogP contribution in [-0.2, 0) is 15.1 Å². The lowest BCUT2D eigenvalue weighted by Crippen LogP contribution is -2.41. The van der Waals surface area contributed by atoms with Gasteiger partial charge in [-0.05, 0) is 71.5 Å². The Bertz CT molecular complexity index is 628. The summed E-state index contributed by atoms with van der Waals surface area (Å²) in [7, 11) is 1.39. The molecule has 0 heterocycles. The topological polar surface area (TPSA) is 38.3 Å². The number of anilines is 1. The summed E-state index contributed by atoms with van der Waals surface area (Å²) in [6, 6.07) is 15.0. The SMILES string of the molecule is COC(=O)C(C)(Nc1ccc(Cl)cc1)c1ccc(I)cc1. The zero-order valence-corrected chi connectivity index (χ0v) is 14.6. The molecule has 0 spiro atoms. The van der Waals surface area contributed by atoms with Gasteiger partial charge in [-0.2, -0.15) is 0 Å². The number of hydrogen-bond acceptors (Lipinski definition) is 3. The minimum absolute atomic E-state index is 0.348. The van der Waals surface area contributed by atoms with E-state index in [1.54, 1.807) is 19.1 Å². The van der Waals surface area contributed by atoms with Crippen molar-refractivity contribution in [2.45, 2.75) is 12.5 Å². The van der Waals surface area contributed by atoms with Crippen molar-refractivity contribution in [3.05, 3.63) is 62.7 Å². The van der Waals surface area contributed by atoms with Gasteiger partial charge in [0.2, 0.25) is 0 Å². The van der Waals surface area contributed by atoms with Crippen molar-refractivity contribution in [1.29, 1.82) is 0 Å². The molecule has 2 rings (SSSR count). The highest BCUT2D eigenvalue weighted by Crippen LogP contribution is 2.28. The molecule has 2 aromatic rings. The number of halogens is 2. The second-order valence-corrected chi connectivity index (χ2v) is 6.44. The number of carbonyl (C=O) groups excluding carboxylic acids is 1. The van der Waals surface area contributed by atoms with E-state index in [0.717, 1.165) is 14.8 Å². The third-order valence-electron chi connectivity index (χ3n) is 3.25. The molecule has 1 N–H and O–H groups in total. The number of hydrogen-bond donors (Lipinski definition) is 1. The second-order valence-electron chi connectivity index (χ2n) is 4.76. The summed E-state index contributed by atoms with van der Waals surface area (Å²) >= 11 is 8.11. The van der Waals surface area contributed by atoms with E-state index in [0.29, 0.717) is 5.02 Å². The van der Waals surface area contributed by atoms with Gasteiger partial charge < -0.3 is 10.1 Å². The average Bonchev–Trinajstić information content (AvgIpc) is 2.49. The van der Waals surface area contributed by atoms with E-state index in [2.05, 4.69) is 27.9 Å². The fourth-order valence-corrected chi connectivity index (χ4v) is 2.54. The molecule has 5 heteroatoms. The van der Waals surface area contributed by atoms with E-state index >= 15 is 0 Å². The number of methoxy groups -OCH3 is 1. The molecule has 0 aromatic heterocycles. The predicted octanol–water partition coefficient (Wildman–Crippen LogP) is 4.44. The van der Waals surface area contributed by atoms with Gasteiger partial charge in [-0.1, -0.05) is 23.7 Å². The van der Waals surface area contributed by atoms with E-state index in [1.165, 1.54) is 7.11 Å². The van der Waals surface area contributed by atoms with Crippen LogP contribution in [0.1, 0.15) is 12.5 Å². The van der Waals surface area contributed by atoms with Crippen molar-refractivity contribution in [2.75, 3.05) is 12.4 Å². The Hall–Kier alpha value is -1.27. The van der Waals surface area contributed by atoms with Gasteiger partial charge >= 0.3 is 5.97 Å². The highest BCUT2D eigenvalue weighted by Gasteiger charge is 2.36. The second kappa shape index (κ2) is 6.66. The van der Waals surface area contributed by atoms with Crippen LogP contribution in [0, 0.1) is 3.57 Å². The molecular formula is C16H15ClINO2. The van der Waals surface area contributed by atoms with Gasteiger partial charge in [0.15, 0.2) is 5.54 Å². The summed E-state index contributed by atoms with van der Waals surface area (Å²) in [6.45, 7) is 1.80. The molecule has 2 aromatic carbocycles. The Kier molecular flexibility index (Phi) is 5.11. The Labute approximate surface area is 142 Å². The van der Waals surface area contributed by atoms with Crippen molar-refractivity contribution in [3.8, 4) is 0 Å². The number of carbonyl (C=O) groups is 1. The minimum atomic E-state index is -0.965. The van der Waals surface area contributed by atoms with Crippen molar-refractivity contribution >= 4 is 45.8 Å². The highest BCUT2D eigenvalue weighted by molar-refractivity contribution is 14.1. The molecule has 0 aliphatic rings. The zero-order chi connectivity index (χ0) is 15.5. The van der Waals surface area contributed by atoms with Crippen molar-refractivity contribution in [3.63, 3.8) is 0 Å². The smallest absolute Gasteiger partial charge is 0.335 e. The van der Waals surface area contributed by atoms with Crippen LogP contribution >= 0.6 is 34.2 Å². The van der Waals surface area contributed by atoms with Gasteiger partial charge in [-0.3, -0.25) is 0 Å². The molecule has 3 nitrogen and oxygen atoms in total. The normalized spacial score (nSPS) is 13.3. The van der Waals surface area contributed by atoms with Crippen LogP contribution < -0.4 is 5.32 Å². The maximum absolute atomic E-state index is 12.3. The molecule has 21 heavy (non-hydrogen) atoms. The Morgan fingerprint density at radius 2 is 1.71 bits per heavy atom. The lowest BCUT2D eigenvalue weighted by Gasteiger charge is -2.29. The van der Waals surface area contributed by atoms with Crippen LogP contribution in [0.25, 0.3) is 0 Å². The van der Waals surface area contributed by atoms with Gasteiger partial charge in [0.05, 0.1) is 7.11 Å². The van der Waals surface area contributed by atoms with Gasteiger partial charge in [0.1, 0.15) is 0 Å². The van der Waals surface area contributed by atoms with Crippen LogP contribution in [0.4, 0.5) is 5.69 Å². The van der Waals surface area contributed by atoms with Crippen LogP contribution in [0.5, 0.6) is 0 Å². The van der Waals surface area contributed by atoms with Crippen LogP contribution in [0.2, 0.25) is 5.02 Å². The molecule has 0 bridgehead atoms. The molecule has 0 fully saturated rings. The fourth-order valence-electron chi connectivity index (χ4n) is 2.05. The third kappa shape index (κ3) is 3.68. The first kappa shape index (κ1) is 16.1. The lowest BCUT2D eigenvalue weighted by molar-refractivity contribution is -0.145. The number of benzene rings is 2. The first-order valence-electron chi connectivity index (χ1n) is 6.34. The minimum Gasteiger partial charge on any atom is -0.467 e. The Morgan fingerprint density at radius 1 is 1.14 bits per heavy atom. The molecule has 0 radical (unpaired) electrons. The number of ether oxygens (including phenoxy) is 1. The summed E-state index contributed by atoms with van der Waals surface area (Å²) < 4.78 is 6.07. The zero-order valence-electron chi connectivity index (χ0n) is 11.7. The Balaban J connectivity index is 2.39. The Morgan fingerprint density at radius 3 is 2.24 bits per heavy atom. The van der Waals surface area contributed by atoms with Crippen LogP contribution in [0.3, 0.4) is 0 Å². The molecule has 110 valence electrons. The number of esters is 1. The van der Waals surface area contributed by atoms with Gasteiger partial charge in [0, 0.05) is 14.3 Å². The molecule has 0 saturated carbocycles. The summed E-state index contributed by atoms with van der Waals surface area (Å²) in [4.78, 5) is 12.3. The first-order chi connectivity index (χ1) is 9.95. The summed E-state index contributed by atoms with van der Waals surface area (Å²) in [5, 5.41) is 3.88. The molecule has 0 amide bonds. The van der Waals surface area contributed by atoms with E-state index in [4.69, 9.17) is 16.3 Å². The number of nitrogens with one attached hydrogen (secondary N) is 1. The molecule has 1 unspecified atom stereocenters. The van der Waals surface area contributed by atoms with Crippen LogP contribution in [0.15, 0.2) is 48.5 Å². The van der Waals surface area contributed by atoms with Gasteiger partial charge in [-0.15, -0.1) is 0 Å². The van der Waals surface area contributed by atoms with Crippen molar-refractivity contribution in [1.82, 2.24) is 0 Å². The van der Waals surface area contributed by atoms with E-state index < -0.39 is 5.54 Å². The van der Waals surface area contributed by atoms with Gasteiger partial charge in [-0.25, -0.2) is 4.79 Å². The maximum atomic E-state index is 12.3. The third-order valence-corrected chi connectivity index (χ3v) is 4.22. The monoisotopic (exact) mass is 415 g/mol. The first-order valence-corrected chi connectivity index (χ1v) is 7.79. The van der Waals surface area contributed by atoms with Crippen LogP contribution in [-0.4, -0.2) is 13.1 Å². The van der Waals surface area contributed by atoms with E-state index in [9.17, 15) is 4.79 Å². The fraction of sp³-hybridized carbons (Fsp3) is 0.188. The highest BCUT2D eigenvalue weighted by atomic mass is 127. The van der Waals surface area contributed by atoms with E-state index in [1.807, 2.05) is 36.4 Å². The largest absolute Gasteiger partial charge is 0.467 e. The molecule has 0 aliphatic heterocycles. The van der Waals surface area contributed by atoms with Crippen molar-refractivity contribution in [2.24, 2.45) is 0 Å². The molecule has 0 aliphatic carbocycles. The van der Waals surface area contributed by atoms with Gasteiger partial charge in [0.25, 0.3) is 0 Å². The summed E-state index contributed by atoms with van der Waals surface area (Å²) in [5.41, 5.74) is 0.669. The van der Waals surface area contributed by atoms with Crippen molar-refractivity contribution < 1.29 is 9.53 Å². The molecular weight excluding hydrogens is 401 g/mol. The maximum Gasteiger partial charge on any atom is 0.335 e. The number of rotatable bonds is 4. The van der Waals surface area contributed by atoms with E-state index in [-0.39, 0.29) is 5.97 Å². The predicted molar refractivity (Wildman–Crippen MR) is 93.6 cm³/mol. The quantitative estimate of drug-likeness (QED) is 0.592. The molecule has 0 saturated heterocycles. The summed E-state index contributed by atoms with van der Waals surface area (Å²) in [5.74, 6) is -0.348.